The Bertz CT molecular complexity index is 1570. The Balaban J connectivity index is 1.82. The van der Waals surface area contributed by atoms with Gasteiger partial charge in [0.2, 0.25) is 0 Å². The van der Waals surface area contributed by atoms with Crippen molar-refractivity contribution in [1.29, 1.82) is 0 Å². The van der Waals surface area contributed by atoms with E-state index in [1.165, 1.54) is 15.9 Å². The van der Waals surface area contributed by atoms with Crippen LogP contribution in [0.25, 0.3) is 6.08 Å². The second kappa shape index (κ2) is 12.6. The minimum atomic E-state index is -0.728. The Morgan fingerprint density at radius 1 is 0.974 bits per heavy atom. The van der Waals surface area contributed by atoms with E-state index in [0.717, 1.165) is 5.56 Å². The third-order valence-electron chi connectivity index (χ3n) is 5.88. The second-order valence-electron chi connectivity index (χ2n) is 8.44. The topological polar surface area (TPSA) is 105 Å². The monoisotopic (exact) mass is 550 g/mol. The van der Waals surface area contributed by atoms with E-state index in [4.69, 9.17) is 18.9 Å². The van der Waals surface area contributed by atoms with Gasteiger partial charge in [0.25, 0.3) is 5.56 Å². The van der Waals surface area contributed by atoms with Crippen molar-refractivity contribution in [2.45, 2.75) is 33.7 Å². The fraction of sp³-hybridized carbons (Fsp3) is 0.310. The standard InChI is InChI=1S/C29H30N2O7S/c1-5-35-21-14-12-19(13-15-21)26-25(28(34)37-7-3)18(4)30-29-31(26)27(33)23(39-29)16-20-10-8-9-11-22(20)38-17-24(32)36-6-2/h8-16,26H,5-7,17H2,1-4H3/b23-16-/t26-/m0/s1. The number of carbonyl (C=O) groups excluding carboxylic acids is 2. The molecule has 1 atom stereocenters. The lowest BCUT2D eigenvalue weighted by Gasteiger charge is -2.24. The zero-order valence-electron chi connectivity index (χ0n) is 22.3. The molecule has 0 unspecified atom stereocenters. The molecule has 1 aliphatic rings. The minimum absolute atomic E-state index is 0.193. The summed E-state index contributed by atoms with van der Waals surface area (Å²) in [6, 6.07) is 13.7. The number of nitrogens with zero attached hydrogens (tertiary/aromatic N) is 2. The summed E-state index contributed by atoms with van der Waals surface area (Å²) in [5.74, 6) is 0.114. The van der Waals surface area contributed by atoms with Gasteiger partial charge in [-0.15, -0.1) is 0 Å². The molecule has 2 heterocycles. The van der Waals surface area contributed by atoms with Crippen molar-refractivity contribution >= 4 is 29.4 Å². The highest BCUT2D eigenvalue weighted by molar-refractivity contribution is 7.07. The highest BCUT2D eigenvalue weighted by Gasteiger charge is 2.33. The molecule has 0 fully saturated rings. The number of fused-ring (bicyclic) bond motifs is 1. The maximum Gasteiger partial charge on any atom is 0.344 e. The van der Waals surface area contributed by atoms with E-state index in [0.29, 0.717) is 44.3 Å². The Morgan fingerprint density at radius 2 is 1.69 bits per heavy atom. The Kier molecular flexibility index (Phi) is 8.98. The van der Waals surface area contributed by atoms with Crippen molar-refractivity contribution in [2.24, 2.45) is 4.99 Å². The third-order valence-corrected chi connectivity index (χ3v) is 6.86. The van der Waals surface area contributed by atoms with Gasteiger partial charge in [0.1, 0.15) is 11.5 Å². The molecule has 0 N–H and O–H groups in total. The largest absolute Gasteiger partial charge is 0.494 e. The van der Waals surface area contributed by atoms with Crippen molar-refractivity contribution in [3.63, 3.8) is 0 Å². The van der Waals surface area contributed by atoms with Gasteiger partial charge in [0, 0.05) is 5.56 Å². The Labute approximate surface area is 229 Å². The maximum atomic E-state index is 13.8. The van der Waals surface area contributed by atoms with Crippen LogP contribution in [0.5, 0.6) is 11.5 Å². The average Bonchev–Trinajstić information content (AvgIpc) is 3.22. The van der Waals surface area contributed by atoms with Gasteiger partial charge in [-0.2, -0.15) is 0 Å². The lowest BCUT2D eigenvalue weighted by molar-refractivity contribution is -0.145. The molecule has 3 aromatic rings. The first kappa shape index (κ1) is 27.8. The van der Waals surface area contributed by atoms with Gasteiger partial charge >= 0.3 is 11.9 Å². The summed E-state index contributed by atoms with van der Waals surface area (Å²) in [4.78, 5) is 43.7. The summed E-state index contributed by atoms with van der Waals surface area (Å²) < 4.78 is 23.4. The normalized spacial score (nSPS) is 14.9. The second-order valence-corrected chi connectivity index (χ2v) is 9.44. The van der Waals surface area contributed by atoms with Crippen molar-refractivity contribution in [3.8, 4) is 11.5 Å². The summed E-state index contributed by atoms with van der Waals surface area (Å²) in [6.07, 6.45) is 1.70. The van der Waals surface area contributed by atoms with Crippen molar-refractivity contribution < 1.29 is 28.5 Å². The van der Waals surface area contributed by atoms with E-state index in [1.54, 1.807) is 45.0 Å². The molecule has 4 rings (SSSR count). The molecule has 0 radical (unpaired) electrons. The predicted molar refractivity (Wildman–Crippen MR) is 147 cm³/mol. The maximum absolute atomic E-state index is 13.8. The number of rotatable bonds is 10. The van der Waals surface area contributed by atoms with Crippen LogP contribution in [0.1, 0.15) is 44.9 Å². The van der Waals surface area contributed by atoms with Crippen LogP contribution in [0.4, 0.5) is 0 Å². The molecule has 1 aromatic heterocycles. The molecule has 2 aromatic carbocycles. The lowest BCUT2D eigenvalue weighted by Crippen LogP contribution is -2.39. The van der Waals surface area contributed by atoms with Gasteiger partial charge in [-0.1, -0.05) is 41.7 Å². The number of carbonyl (C=O) groups is 2. The van der Waals surface area contributed by atoms with Gasteiger partial charge in [-0.25, -0.2) is 14.6 Å². The van der Waals surface area contributed by atoms with E-state index in [9.17, 15) is 14.4 Å². The molecule has 39 heavy (non-hydrogen) atoms. The zero-order valence-corrected chi connectivity index (χ0v) is 23.1. The summed E-state index contributed by atoms with van der Waals surface area (Å²) in [6.45, 7) is 7.82. The number of para-hydroxylation sites is 1. The predicted octanol–water partition coefficient (Wildman–Crippen LogP) is 3.14. The third kappa shape index (κ3) is 6.12. The van der Waals surface area contributed by atoms with E-state index < -0.39 is 18.0 Å². The minimum Gasteiger partial charge on any atom is -0.494 e. The summed E-state index contributed by atoms with van der Waals surface area (Å²) in [5.41, 5.74) is 1.82. The Morgan fingerprint density at radius 3 is 2.38 bits per heavy atom. The van der Waals surface area contributed by atoms with Crippen LogP contribution in [0, 0.1) is 0 Å². The molecule has 0 aliphatic carbocycles. The number of allylic oxidation sites excluding steroid dienone is 1. The smallest absolute Gasteiger partial charge is 0.344 e. The number of esters is 2. The average molecular weight is 551 g/mol. The molecule has 9 nitrogen and oxygen atoms in total. The van der Waals surface area contributed by atoms with Gasteiger partial charge in [0.05, 0.1) is 41.7 Å². The molecule has 204 valence electrons. The first-order chi connectivity index (χ1) is 18.9. The number of ether oxygens (including phenoxy) is 4. The van der Waals surface area contributed by atoms with Crippen LogP contribution in [-0.4, -0.2) is 42.9 Å². The fourth-order valence-electron chi connectivity index (χ4n) is 4.23. The first-order valence-corrected chi connectivity index (χ1v) is 13.5. The first-order valence-electron chi connectivity index (χ1n) is 12.7. The molecular formula is C29H30N2O7S. The molecule has 0 amide bonds. The molecular weight excluding hydrogens is 520 g/mol. The SMILES string of the molecule is CCOC(=O)COc1ccccc1/C=c1\sc2n(c1=O)[C@@H](c1ccc(OCC)cc1)C(C(=O)OCC)=C(C)N=2. The van der Waals surface area contributed by atoms with Gasteiger partial charge in [0.15, 0.2) is 11.4 Å². The molecule has 10 heteroatoms. The van der Waals surface area contributed by atoms with Crippen LogP contribution in [0.15, 0.2) is 69.6 Å². The van der Waals surface area contributed by atoms with E-state index in [1.807, 2.05) is 37.3 Å². The van der Waals surface area contributed by atoms with Crippen molar-refractivity contribution in [3.05, 3.63) is 90.6 Å². The molecule has 0 saturated heterocycles. The molecule has 0 bridgehead atoms. The number of hydrogen-bond acceptors (Lipinski definition) is 9. The number of aromatic nitrogens is 1. The molecule has 0 saturated carbocycles. The number of thiazole rings is 1. The lowest BCUT2D eigenvalue weighted by atomic mass is 9.96. The number of benzene rings is 2. The quantitative estimate of drug-likeness (QED) is 0.357. The summed E-state index contributed by atoms with van der Waals surface area (Å²) in [5, 5.41) is 0. The van der Waals surface area contributed by atoms with Gasteiger partial charge in [-0.05, 0) is 57.5 Å². The summed E-state index contributed by atoms with van der Waals surface area (Å²) in [7, 11) is 0. The zero-order chi connectivity index (χ0) is 27.9. The highest BCUT2D eigenvalue weighted by Crippen LogP contribution is 2.31. The van der Waals surface area contributed by atoms with E-state index in [-0.39, 0.29) is 25.4 Å². The van der Waals surface area contributed by atoms with Crippen LogP contribution >= 0.6 is 11.3 Å². The van der Waals surface area contributed by atoms with Crippen molar-refractivity contribution in [2.75, 3.05) is 26.4 Å². The van der Waals surface area contributed by atoms with Crippen LogP contribution in [-0.2, 0) is 19.1 Å². The Hall–Kier alpha value is -4.18. The van der Waals surface area contributed by atoms with Crippen LogP contribution in [0.3, 0.4) is 0 Å². The van der Waals surface area contributed by atoms with Gasteiger partial charge in [-0.3, -0.25) is 9.36 Å². The highest BCUT2D eigenvalue weighted by atomic mass is 32.1. The molecule has 0 spiro atoms. The van der Waals surface area contributed by atoms with Crippen LogP contribution < -0.4 is 24.4 Å². The molecule has 1 aliphatic heterocycles. The van der Waals surface area contributed by atoms with Crippen molar-refractivity contribution in [1.82, 2.24) is 4.57 Å². The van der Waals surface area contributed by atoms with E-state index >= 15 is 0 Å². The fourth-order valence-corrected chi connectivity index (χ4v) is 5.27. The van der Waals surface area contributed by atoms with E-state index in [2.05, 4.69) is 4.99 Å². The van der Waals surface area contributed by atoms with Gasteiger partial charge < -0.3 is 18.9 Å². The van der Waals surface area contributed by atoms with Crippen LogP contribution in [0.2, 0.25) is 0 Å². The number of hydrogen-bond donors (Lipinski definition) is 0. The summed E-state index contributed by atoms with van der Waals surface area (Å²) >= 11 is 1.21.